The predicted molar refractivity (Wildman–Crippen MR) is 118 cm³/mol. The molecule has 0 saturated carbocycles. The number of nitrogens with one attached hydrogen (secondary N) is 2. The molecule has 0 atom stereocenters. The van der Waals surface area contributed by atoms with Gasteiger partial charge in [0.2, 0.25) is 15.9 Å². The van der Waals surface area contributed by atoms with Gasteiger partial charge >= 0.3 is 0 Å². The second-order valence-electron chi connectivity index (χ2n) is 7.04. The van der Waals surface area contributed by atoms with Crippen molar-refractivity contribution in [1.29, 1.82) is 0 Å². The number of aryl methyl sites for hydroxylation is 2. The fourth-order valence-corrected chi connectivity index (χ4v) is 4.43. The Bertz CT molecular complexity index is 899. The van der Waals surface area contributed by atoms with Gasteiger partial charge in [-0.15, -0.1) is 0 Å². The fraction of sp³-hybridized carbons (Fsp3) is 0.409. The molecule has 0 heterocycles. The SMILES string of the molecule is CCN(CCCNC(=O)CCNS(=O)(=O)c1cc(C)ccc1C)c1ccccc1. The summed E-state index contributed by atoms with van der Waals surface area (Å²) in [7, 11) is -3.62. The number of carbonyl (C=O) groups is 1. The summed E-state index contributed by atoms with van der Waals surface area (Å²) in [6, 6.07) is 15.5. The molecule has 2 aromatic rings. The van der Waals surface area contributed by atoms with Crippen LogP contribution in [0.5, 0.6) is 0 Å². The lowest BCUT2D eigenvalue weighted by atomic mass is 10.2. The molecule has 0 aliphatic heterocycles. The minimum Gasteiger partial charge on any atom is -0.372 e. The quantitative estimate of drug-likeness (QED) is 0.551. The van der Waals surface area contributed by atoms with E-state index < -0.39 is 10.0 Å². The number of hydrogen-bond donors (Lipinski definition) is 2. The largest absolute Gasteiger partial charge is 0.372 e. The van der Waals surface area contributed by atoms with E-state index in [1.165, 1.54) is 5.69 Å². The third kappa shape index (κ3) is 7.18. The minimum absolute atomic E-state index is 0.0760. The van der Waals surface area contributed by atoms with E-state index in [0.717, 1.165) is 25.1 Å². The van der Waals surface area contributed by atoms with Crippen molar-refractivity contribution in [2.75, 3.05) is 31.1 Å². The van der Waals surface area contributed by atoms with Crippen LogP contribution in [0.4, 0.5) is 5.69 Å². The molecular formula is C22H31N3O3S. The van der Waals surface area contributed by atoms with Crippen molar-refractivity contribution in [3.63, 3.8) is 0 Å². The topological polar surface area (TPSA) is 78.5 Å². The zero-order chi connectivity index (χ0) is 21.3. The molecule has 1 amide bonds. The van der Waals surface area contributed by atoms with Crippen molar-refractivity contribution in [2.45, 2.75) is 38.5 Å². The molecule has 2 rings (SSSR count). The number of anilines is 1. The van der Waals surface area contributed by atoms with E-state index >= 15 is 0 Å². The first-order chi connectivity index (χ1) is 13.8. The van der Waals surface area contributed by atoms with Crippen LogP contribution in [0.3, 0.4) is 0 Å². The molecule has 7 heteroatoms. The maximum Gasteiger partial charge on any atom is 0.240 e. The number of rotatable bonds is 11. The normalized spacial score (nSPS) is 11.3. The Balaban J connectivity index is 1.71. The van der Waals surface area contributed by atoms with E-state index in [0.29, 0.717) is 12.1 Å². The van der Waals surface area contributed by atoms with Gasteiger partial charge in [0, 0.05) is 38.3 Å². The van der Waals surface area contributed by atoms with Gasteiger partial charge < -0.3 is 10.2 Å². The lowest BCUT2D eigenvalue weighted by molar-refractivity contribution is -0.120. The molecule has 2 N–H and O–H groups in total. The zero-order valence-corrected chi connectivity index (χ0v) is 18.3. The Morgan fingerprint density at radius 2 is 1.76 bits per heavy atom. The lowest BCUT2D eigenvalue weighted by Gasteiger charge is -2.23. The minimum atomic E-state index is -3.62. The van der Waals surface area contributed by atoms with Gasteiger partial charge in [0.05, 0.1) is 4.90 Å². The maximum absolute atomic E-state index is 12.4. The van der Waals surface area contributed by atoms with Crippen molar-refractivity contribution in [3.8, 4) is 0 Å². The predicted octanol–water partition coefficient (Wildman–Crippen LogP) is 3.00. The Morgan fingerprint density at radius 1 is 1.03 bits per heavy atom. The number of para-hydroxylation sites is 1. The zero-order valence-electron chi connectivity index (χ0n) is 17.4. The maximum atomic E-state index is 12.4. The van der Waals surface area contributed by atoms with Crippen molar-refractivity contribution >= 4 is 21.6 Å². The molecule has 0 aliphatic carbocycles. The van der Waals surface area contributed by atoms with Crippen LogP contribution in [0.1, 0.15) is 30.9 Å². The molecule has 6 nitrogen and oxygen atoms in total. The molecule has 0 radical (unpaired) electrons. The fourth-order valence-electron chi connectivity index (χ4n) is 3.07. The van der Waals surface area contributed by atoms with Gasteiger partial charge in [-0.2, -0.15) is 0 Å². The Hall–Kier alpha value is -2.38. The number of benzene rings is 2. The molecule has 0 unspecified atom stereocenters. The molecule has 2 aromatic carbocycles. The van der Waals surface area contributed by atoms with Gasteiger partial charge in [0.1, 0.15) is 0 Å². The molecule has 29 heavy (non-hydrogen) atoms. The number of carbonyl (C=O) groups excluding carboxylic acids is 1. The molecule has 0 fully saturated rings. The summed E-state index contributed by atoms with van der Waals surface area (Å²) < 4.78 is 27.4. The van der Waals surface area contributed by atoms with E-state index in [4.69, 9.17) is 0 Å². The number of hydrogen-bond acceptors (Lipinski definition) is 4. The van der Waals surface area contributed by atoms with Gasteiger partial charge in [-0.25, -0.2) is 13.1 Å². The third-order valence-corrected chi connectivity index (χ3v) is 6.31. The Labute approximate surface area is 174 Å². The summed E-state index contributed by atoms with van der Waals surface area (Å²) in [6.07, 6.45) is 0.933. The van der Waals surface area contributed by atoms with Gasteiger partial charge in [0.25, 0.3) is 0 Å². The highest BCUT2D eigenvalue weighted by Crippen LogP contribution is 2.16. The van der Waals surface area contributed by atoms with E-state index in [9.17, 15) is 13.2 Å². The Kier molecular flexibility index (Phi) is 8.67. The number of nitrogens with zero attached hydrogens (tertiary/aromatic N) is 1. The van der Waals surface area contributed by atoms with Crippen LogP contribution in [0, 0.1) is 13.8 Å². The molecular weight excluding hydrogens is 386 g/mol. The first-order valence-corrected chi connectivity index (χ1v) is 11.5. The smallest absolute Gasteiger partial charge is 0.240 e. The van der Waals surface area contributed by atoms with Crippen molar-refractivity contribution in [3.05, 3.63) is 59.7 Å². The second-order valence-corrected chi connectivity index (χ2v) is 8.77. The molecule has 0 bridgehead atoms. The molecule has 0 saturated heterocycles. The van der Waals surface area contributed by atoms with Gasteiger partial charge in [0.15, 0.2) is 0 Å². The average Bonchev–Trinajstić information content (AvgIpc) is 2.70. The van der Waals surface area contributed by atoms with Gasteiger partial charge in [-0.05, 0) is 56.5 Å². The van der Waals surface area contributed by atoms with Gasteiger partial charge in [-0.1, -0.05) is 30.3 Å². The van der Waals surface area contributed by atoms with Gasteiger partial charge in [-0.3, -0.25) is 4.79 Å². The summed E-state index contributed by atoms with van der Waals surface area (Å²) >= 11 is 0. The second kappa shape index (κ2) is 11.0. The van der Waals surface area contributed by atoms with Crippen molar-refractivity contribution in [1.82, 2.24) is 10.0 Å². The summed E-state index contributed by atoms with van der Waals surface area (Å²) in [5.41, 5.74) is 2.74. The van der Waals surface area contributed by atoms with Crippen LogP contribution in [0.25, 0.3) is 0 Å². The van der Waals surface area contributed by atoms with E-state index in [-0.39, 0.29) is 23.8 Å². The third-order valence-electron chi connectivity index (χ3n) is 4.71. The molecule has 0 aromatic heterocycles. The van der Waals surface area contributed by atoms with Crippen molar-refractivity contribution in [2.24, 2.45) is 0 Å². The van der Waals surface area contributed by atoms with Crippen LogP contribution in [-0.2, 0) is 14.8 Å². The Morgan fingerprint density at radius 3 is 2.45 bits per heavy atom. The number of sulfonamides is 1. The van der Waals surface area contributed by atoms with Crippen molar-refractivity contribution < 1.29 is 13.2 Å². The molecule has 0 aliphatic rings. The highest BCUT2D eigenvalue weighted by atomic mass is 32.2. The number of amides is 1. The summed E-state index contributed by atoms with van der Waals surface area (Å²) in [5, 5.41) is 2.86. The lowest BCUT2D eigenvalue weighted by Crippen LogP contribution is -2.33. The first-order valence-electron chi connectivity index (χ1n) is 9.97. The van der Waals surface area contributed by atoms with Crippen LogP contribution >= 0.6 is 0 Å². The van der Waals surface area contributed by atoms with Crippen LogP contribution < -0.4 is 14.9 Å². The van der Waals surface area contributed by atoms with E-state index in [1.54, 1.807) is 19.1 Å². The summed E-state index contributed by atoms with van der Waals surface area (Å²) in [4.78, 5) is 14.5. The average molecular weight is 418 g/mol. The standard InChI is InChI=1S/C22H31N3O3S/c1-4-25(20-9-6-5-7-10-20)16-8-14-23-22(26)13-15-24-29(27,28)21-17-18(2)11-12-19(21)3/h5-7,9-12,17,24H,4,8,13-16H2,1-3H3,(H,23,26). The van der Waals surface area contributed by atoms with E-state index in [1.807, 2.05) is 31.2 Å². The summed E-state index contributed by atoms with van der Waals surface area (Å²) in [6.45, 7) is 8.10. The molecule has 0 spiro atoms. The van der Waals surface area contributed by atoms with Crippen LogP contribution in [0.15, 0.2) is 53.4 Å². The highest BCUT2D eigenvalue weighted by molar-refractivity contribution is 7.89. The highest BCUT2D eigenvalue weighted by Gasteiger charge is 2.17. The van der Waals surface area contributed by atoms with E-state index in [2.05, 4.69) is 34.0 Å². The monoisotopic (exact) mass is 417 g/mol. The molecule has 158 valence electrons. The first kappa shape index (κ1) is 22.9. The van der Waals surface area contributed by atoms with Crippen LogP contribution in [-0.4, -0.2) is 40.5 Å². The summed E-state index contributed by atoms with van der Waals surface area (Å²) in [5.74, 6) is -0.156. The van der Waals surface area contributed by atoms with Crippen LogP contribution in [0.2, 0.25) is 0 Å².